The van der Waals surface area contributed by atoms with Crippen molar-refractivity contribution < 1.29 is 4.79 Å². The monoisotopic (exact) mass is 339 g/mol. The van der Waals surface area contributed by atoms with Gasteiger partial charge < -0.3 is 4.90 Å². The van der Waals surface area contributed by atoms with E-state index in [9.17, 15) is 9.59 Å². The third kappa shape index (κ3) is 4.16. The van der Waals surface area contributed by atoms with Gasteiger partial charge in [-0.05, 0) is 44.6 Å². The van der Waals surface area contributed by atoms with Gasteiger partial charge >= 0.3 is 0 Å². The first kappa shape index (κ1) is 17.4. The molecule has 5 heteroatoms. The summed E-state index contributed by atoms with van der Waals surface area (Å²) in [5.41, 5.74) is 2.56. The molecule has 1 aliphatic rings. The Hall–Kier alpha value is -2.43. The van der Waals surface area contributed by atoms with Crippen LogP contribution in [0.1, 0.15) is 29.7 Å². The molecule has 0 atom stereocenters. The van der Waals surface area contributed by atoms with E-state index >= 15 is 0 Å². The third-order valence-corrected chi connectivity index (χ3v) is 5.16. The third-order valence-electron chi connectivity index (χ3n) is 5.16. The van der Waals surface area contributed by atoms with Crippen molar-refractivity contribution in [2.24, 2.45) is 5.92 Å². The largest absolute Gasteiger partial charge is 0.341 e. The van der Waals surface area contributed by atoms with Crippen molar-refractivity contribution in [1.82, 2.24) is 14.5 Å². The molecule has 2 heterocycles. The van der Waals surface area contributed by atoms with Crippen LogP contribution in [-0.2, 0) is 17.8 Å². The van der Waals surface area contributed by atoms with Crippen molar-refractivity contribution in [3.05, 3.63) is 63.8 Å². The Morgan fingerprint density at radius 1 is 1.16 bits per heavy atom. The first-order valence-electron chi connectivity index (χ1n) is 8.89. The first-order chi connectivity index (χ1) is 12.0. The molecule has 1 amide bonds. The highest BCUT2D eigenvalue weighted by Gasteiger charge is 2.23. The van der Waals surface area contributed by atoms with Gasteiger partial charge in [-0.2, -0.15) is 0 Å². The summed E-state index contributed by atoms with van der Waals surface area (Å²) in [6.07, 6.45) is 4.58. The molecule has 1 aliphatic heterocycles. The molecular formula is C20H25N3O2. The molecule has 5 nitrogen and oxygen atoms in total. The van der Waals surface area contributed by atoms with Crippen LogP contribution in [0, 0.1) is 19.8 Å². The summed E-state index contributed by atoms with van der Waals surface area (Å²) in [4.78, 5) is 30.8. The van der Waals surface area contributed by atoms with Crippen LogP contribution in [0.2, 0.25) is 0 Å². The molecular weight excluding hydrogens is 314 g/mol. The molecule has 1 aromatic carbocycles. The van der Waals surface area contributed by atoms with Crippen LogP contribution in [0.4, 0.5) is 0 Å². The number of carbonyl (C=O) groups excluding carboxylic acids is 1. The number of carbonyl (C=O) groups is 1. The molecule has 2 aromatic rings. The predicted molar refractivity (Wildman–Crippen MR) is 97.4 cm³/mol. The summed E-state index contributed by atoms with van der Waals surface area (Å²) < 4.78 is 1.42. The van der Waals surface area contributed by atoms with E-state index in [-0.39, 0.29) is 18.0 Å². The van der Waals surface area contributed by atoms with Gasteiger partial charge in [0, 0.05) is 24.3 Å². The molecule has 0 bridgehead atoms. The van der Waals surface area contributed by atoms with Crippen LogP contribution in [0.15, 0.2) is 41.5 Å². The molecule has 25 heavy (non-hydrogen) atoms. The number of piperidine rings is 1. The van der Waals surface area contributed by atoms with Gasteiger partial charge in [0.15, 0.2) is 0 Å². The van der Waals surface area contributed by atoms with Gasteiger partial charge in [0.05, 0.1) is 6.33 Å². The summed E-state index contributed by atoms with van der Waals surface area (Å²) in [6.45, 7) is 5.17. The van der Waals surface area contributed by atoms with Crippen LogP contribution in [0.5, 0.6) is 0 Å². The Bertz CT molecular complexity index is 790. The summed E-state index contributed by atoms with van der Waals surface area (Å²) in [5.74, 6) is 0.628. The number of benzene rings is 1. The van der Waals surface area contributed by atoms with Crippen molar-refractivity contribution in [1.29, 1.82) is 0 Å². The second-order valence-electron chi connectivity index (χ2n) is 6.90. The van der Waals surface area contributed by atoms with Crippen LogP contribution in [0.25, 0.3) is 0 Å². The van der Waals surface area contributed by atoms with E-state index < -0.39 is 0 Å². The van der Waals surface area contributed by atoms with Crippen LogP contribution >= 0.6 is 0 Å². The lowest BCUT2D eigenvalue weighted by molar-refractivity contribution is -0.133. The predicted octanol–water partition coefficient (Wildman–Crippen LogP) is 2.34. The number of likely N-dealkylation sites (tertiary alicyclic amines) is 1. The number of nitrogens with zero attached hydrogens (tertiary/aromatic N) is 3. The van der Waals surface area contributed by atoms with Crippen molar-refractivity contribution in [3.8, 4) is 0 Å². The topological polar surface area (TPSA) is 55.2 Å². The van der Waals surface area contributed by atoms with E-state index in [1.165, 1.54) is 16.5 Å². The van der Waals surface area contributed by atoms with Crippen molar-refractivity contribution in [2.45, 2.75) is 39.7 Å². The van der Waals surface area contributed by atoms with E-state index in [1.54, 1.807) is 13.8 Å². The van der Waals surface area contributed by atoms with Gasteiger partial charge in [-0.15, -0.1) is 0 Å². The Labute approximate surface area is 148 Å². The molecule has 0 N–H and O–H groups in total. The van der Waals surface area contributed by atoms with Gasteiger partial charge in [-0.3, -0.25) is 14.2 Å². The minimum atomic E-state index is -0.125. The fraction of sp³-hybridized carbons (Fsp3) is 0.450. The minimum Gasteiger partial charge on any atom is -0.341 e. The average Bonchev–Trinajstić information content (AvgIpc) is 2.63. The van der Waals surface area contributed by atoms with Crippen molar-refractivity contribution in [3.63, 3.8) is 0 Å². The highest BCUT2D eigenvalue weighted by molar-refractivity contribution is 5.76. The van der Waals surface area contributed by atoms with Crippen molar-refractivity contribution in [2.75, 3.05) is 13.1 Å². The zero-order valence-corrected chi connectivity index (χ0v) is 14.9. The van der Waals surface area contributed by atoms with Crippen molar-refractivity contribution >= 4 is 5.91 Å². The molecule has 3 rings (SSSR count). The molecule has 0 aliphatic carbocycles. The highest BCUT2D eigenvalue weighted by atomic mass is 16.2. The lowest BCUT2D eigenvalue weighted by atomic mass is 9.90. The van der Waals surface area contributed by atoms with E-state index in [0.717, 1.165) is 38.0 Å². The second kappa shape index (κ2) is 7.64. The summed E-state index contributed by atoms with van der Waals surface area (Å²) in [6, 6.07) is 10.5. The smallest absolute Gasteiger partial charge is 0.256 e. The lowest BCUT2D eigenvalue weighted by Gasteiger charge is -2.32. The average molecular weight is 339 g/mol. The van der Waals surface area contributed by atoms with Crippen LogP contribution < -0.4 is 5.56 Å². The second-order valence-corrected chi connectivity index (χ2v) is 6.90. The van der Waals surface area contributed by atoms with Gasteiger partial charge in [0.25, 0.3) is 5.56 Å². The van der Waals surface area contributed by atoms with E-state index in [0.29, 0.717) is 11.5 Å². The normalized spacial score (nSPS) is 15.4. The van der Waals surface area contributed by atoms with Gasteiger partial charge in [0.2, 0.25) is 5.91 Å². The van der Waals surface area contributed by atoms with Gasteiger partial charge in [0.1, 0.15) is 6.54 Å². The Kier molecular flexibility index (Phi) is 5.31. The molecule has 0 spiro atoms. The minimum absolute atomic E-state index is 0.00492. The fourth-order valence-electron chi connectivity index (χ4n) is 3.37. The maximum Gasteiger partial charge on any atom is 0.256 e. The standard InChI is InChI=1S/C20H25N3O2/c1-15-16(2)21-14-23(20(15)25)13-19(24)22-10-8-18(9-11-22)12-17-6-4-3-5-7-17/h3-7,14,18H,8-13H2,1-2H3. The Balaban J connectivity index is 1.55. The number of hydrogen-bond donors (Lipinski definition) is 0. The quantitative estimate of drug-likeness (QED) is 0.859. The molecule has 0 radical (unpaired) electrons. The van der Waals surface area contributed by atoms with Crippen LogP contribution in [0.3, 0.4) is 0 Å². The van der Waals surface area contributed by atoms with Gasteiger partial charge in [-0.25, -0.2) is 4.98 Å². The molecule has 1 saturated heterocycles. The van der Waals surface area contributed by atoms with E-state index in [4.69, 9.17) is 0 Å². The molecule has 0 unspecified atom stereocenters. The summed E-state index contributed by atoms with van der Waals surface area (Å²) in [5, 5.41) is 0. The zero-order valence-electron chi connectivity index (χ0n) is 14.9. The lowest BCUT2D eigenvalue weighted by Crippen LogP contribution is -2.42. The summed E-state index contributed by atoms with van der Waals surface area (Å²) in [7, 11) is 0. The number of hydrogen-bond acceptors (Lipinski definition) is 3. The molecule has 0 saturated carbocycles. The zero-order chi connectivity index (χ0) is 17.8. The number of amides is 1. The number of rotatable bonds is 4. The SMILES string of the molecule is Cc1ncn(CC(=O)N2CCC(Cc3ccccc3)CC2)c(=O)c1C. The number of aromatic nitrogens is 2. The molecule has 132 valence electrons. The summed E-state index contributed by atoms with van der Waals surface area (Å²) >= 11 is 0. The van der Waals surface area contributed by atoms with E-state index in [2.05, 4.69) is 29.2 Å². The first-order valence-corrected chi connectivity index (χ1v) is 8.89. The van der Waals surface area contributed by atoms with Crippen LogP contribution in [-0.4, -0.2) is 33.4 Å². The number of aryl methyl sites for hydroxylation is 1. The highest BCUT2D eigenvalue weighted by Crippen LogP contribution is 2.21. The Morgan fingerprint density at radius 2 is 1.84 bits per heavy atom. The maximum atomic E-state index is 12.5. The fourth-order valence-corrected chi connectivity index (χ4v) is 3.37. The molecule has 1 aromatic heterocycles. The maximum absolute atomic E-state index is 12.5. The molecule has 1 fully saturated rings. The van der Waals surface area contributed by atoms with E-state index in [1.807, 2.05) is 11.0 Å². The Morgan fingerprint density at radius 3 is 2.52 bits per heavy atom. The van der Waals surface area contributed by atoms with Gasteiger partial charge in [-0.1, -0.05) is 30.3 Å².